The maximum Gasteiger partial charge on any atom is 0.0995 e. The average Bonchev–Trinajstić information content (AvgIpc) is 2.61. The van der Waals surface area contributed by atoms with E-state index < -0.39 is 0 Å². The summed E-state index contributed by atoms with van der Waals surface area (Å²) in [5.74, 6) is 0. The second-order valence-electron chi connectivity index (χ2n) is 5.26. The van der Waals surface area contributed by atoms with E-state index in [4.69, 9.17) is 5.26 Å². The standard InChI is InChI=1S/C15H18N2/c16-10-12-4-1-2-5-13(12)11-17-14-6-3-7-15(17)9-8-14/h1-2,4-5,14-15H,3,6-9,11H2/t14-,15+. The number of nitrogens with zero attached hydrogens (tertiary/aromatic N) is 2. The Hall–Kier alpha value is -1.33. The van der Waals surface area contributed by atoms with Gasteiger partial charge in [-0.2, -0.15) is 5.26 Å². The Morgan fingerprint density at radius 3 is 2.53 bits per heavy atom. The van der Waals surface area contributed by atoms with Gasteiger partial charge in [0, 0.05) is 18.6 Å². The number of piperidine rings is 1. The topological polar surface area (TPSA) is 27.0 Å². The summed E-state index contributed by atoms with van der Waals surface area (Å²) in [4.78, 5) is 2.64. The van der Waals surface area contributed by atoms with Gasteiger partial charge in [0.05, 0.1) is 11.6 Å². The SMILES string of the molecule is N#Cc1ccccc1CN1[C@@H]2CCC[C@H]1CC2. The van der Waals surface area contributed by atoms with Crippen LogP contribution in [0.15, 0.2) is 24.3 Å². The molecule has 2 atom stereocenters. The van der Waals surface area contributed by atoms with Crippen LogP contribution in [0.4, 0.5) is 0 Å². The summed E-state index contributed by atoms with van der Waals surface area (Å²) in [5, 5.41) is 9.13. The number of hydrogen-bond acceptors (Lipinski definition) is 2. The van der Waals surface area contributed by atoms with Crippen LogP contribution in [0.2, 0.25) is 0 Å². The van der Waals surface area contributed by atoms with Crippen molar-refractivity contribution in [3.63, 3.8) is 0 Å². The zero-order chi connectivity index (χ0) is 11.7. The molecule has 2 fully saturated rings. The molecule has 2 heterocycles. The Morgan fingerprint density at radius 2 is 1.82 bits per heavy atom. The van der Waals surface area contributed by atoms with Gasteiger partial charge in [-0.05, 0) is 37.3 Å². The predicted octanol–water partition coefficient (Wildman–Crippen LogP) is 3.08. The zero-order valence-corrected chi connectivity index (χ0v) is 10.1. The monoisotopic (exact) mass is 226 g/mol. The van der Waals surface area contributed by atoms with E-state index in [0.717, 1.165) is 24.2 Å². The first-order chi connectivity index (χ1) is 8.38. The first-order valence-electron chi connectivity index (χ1n) is 6.62. The molecule has 0 amide bonds. The minimum absolute atomic E-state index is 0.778. The zero-order valence-electron chi connectivity index (χ0n) is 10.1. The molecule has 2 saturated heterocycles. The van der Waals surface area contributed by atoms with E-state index in [1.807, 2.05) is 18.2 Å². The molecule has 0 unspecified atom stereocenters. The molecule has 2 heteroatoms. The van der Waals surface area contributed by atoms with Gasteiger partial charge in [0.25, 0.3) is 0 Å². The van der Waals surface area contributed by atoms with E-state index in [-0.39, 0.29) is 0 Å². The Labute approximate surface area is 103 Å². The van der Waals surface area contributed by atoms with Gasteiger partial charge < -0.3 is 0 Å². The van der Waals surface area contributed by atoms with Gasteiger partial charge in [-0.3, -0.25) is 4.90 Å². The minimum Gasteiger partial charge on any atom is -0.293 e. The van der Waals surface area contributed by atoms with Crippen LogP contribution in [0, 0.1) is 11.3 Å². The lowest BCUT2D eigenvalue weighted by atomic mass is 10.0. The first-order valence-corrected chi connectivity index (χ1v) is 6.62. The van der Waals surface area contributed by atoms with Crippen LogP contribution < -0.4 is 0 Å². The maximum absolute atomic E-state index is 9.13. The van der Waals surface area contributed by atoms with E-state index in [1.165, 1.54) is 37.7 Å². The van der Waals surface area contributed by atoms with Crippen molar-refractivity contribution in [2.24, 2.45) is 0 Å². The first kappa shape index (κ1) is 10.8. The van der Waals surface area contributed by atoms with Crippen LogP contribution >= 0.6 is 0 Å². The lowest BCUT2D eigenvalue weighted by Crippen LogP contribution is -2.39. The second-order valence-corrected chi connectivity index (χ2v) is 5.26. The van der Waals surface area contributed by atoms with E-state index in [2.05, 4.69) is 17.0 Å². The molecular weight excluding hydrogens is 208 g/mol. The van der Waals surface area contributed by atoms with Crippen molar-refractivity contribution < 1.29 is 0 Å². The lowest BCUT2D eigenvalue weighted by molar-refractivity contribution is 0.132. The molecule has 17 heavy (non-hydrogen) atoms. The fourth-order valence-corrected chi connectivity index (χ4v) is 3.45. The van der Waals surface area contributed by atoms with Crippen molar-refractivity contribution in [1.82, 2.24) is 4.90 Å². The van der Waals surface area contributed by atoms with Crippen molar-refractivity contribution in [3.8, 4) is 6.07 Å². The van der Waals surface area contributed by atoms with Crippen molar-refractivity contribution in [2.75, 3.05) is 0 Å². The highest BCUT2D eigenvalue weighted by Crippen LogP contribution is 2.36. The number of rotatable bonds is 2. The fraction of sp³-hybridized carbons (Fsp3) is 0.533. The summed E-state index contributed by atoms with van der Waals surface area (Å²) >= 11 is 0. The molecule has 2 nitrogen and oxygen atoms in total. The fourth-order valence-electron chi connectivity index (χ4n) is 3.45. The number of hydrogen-bond donors (Lipinski definition) is 0. The highest BCUT2D eigenvalue weighted by atomic mass is 15.2. The molecule has 0 aromatic heterocycles. The van der Waals surface area contributed by atoms with Crippen LogP contribution in [0.1, 0.15) is 43.2 Å². The number of fused-ring (bicyclic) bond motifs is 2. The molecular formula is C15H18N2. The highest BCUT2D eigenvalue weighted by molar-refractivity contribution is 5.37. The summed E-state index contributed by atoms with van der Waals surface area (Å²) in [6.07, 6.45) is 6.82. The molecule has 0 saturated carbocycles. The molecule has 0 spiro atoms. The molecule has 1 aromatic carbocycles. The van der Waals surface area contributed by atoms with Gasteiger partial charge in [0.2, 0.25) is 0 Å². The molecule has 3 rings (SSSR count). The molecule has 2 aliphatic rings. The quantitative estimate of drug-likeness (QED) is 0.775. The third-order valence-electron chi connectivity index (χ3n) is 4.34. The largest absolute Gasteiger partial charge is 0.293 e. The van der Waals surface area contributed by atoms with E-state index >= 15 is 0 Å². The summed E-state index contributed by atoms with van der Waals surface area (Å²) in [7, 11) is 0. The van der Waals surface area contributed by atoms with Gasteiger partial charge in [0.15, 0.2) is 0 Å². The minimum atomic E-state index is 0.778. The van der Waals surface area contributed by atoms with E-state index in [0.29, 0.717) is 0 Å². The van der Waals surface area contributed by atoms with E-state index in [1.54, 1.807) is 0 Å². The Kier molecular flexibility index (Phi) is 2.86. The van der Waals surface area contributed by atoms with Crippen LogP contribution in [0.5, 0.6) is 0 Å². The van der Waals surface area contributed by atoms with Crippen LogP contribution in [0.25, 0.3) is 0 Å². The molecule has 0 radical (unpaired) electrons. The van der Waals surface area contributed by atoms with Gasteiger partial charge in [0.1, 0.15) is 0 Å². The maximum atomic E-state index is 9.13. The van der Waals surface area contributed by atoms with E-state index in [9.17, 15) is 0 Å². The van der Waals surface area contributed by atoms with Crippen LogP contribution in [-0.2, 0) is 6.54 Å². The molecule has 0 aliphatic carbocycles. The third-order valence-corrected chi connectivity index (χ3v) is 4.34. The Balaban J connectivity index is 1.81. The highest BCUT2D eigenvalue weighted by Gasteiger charge is 2.36. The molecule has 88 valence electrons. The predicted molar refractivity (Wildman–Crippen MR) is 67.4 cm³/mol. The molecule has 0 N–H and O–H groups in total. The number of nitriles is 1. The lowest BCUT2D eigenvalue weighted by Gasteiger charge is -2.34. The van der Waals surface area contributed by atoms with Crippen molar-refractivity contribution in [3.05, 3.63) is 35.4 Å². The molecule has 1 aromatic rings. The van der Waals surface area contributed by atoms with Gasteiger partial charge in [-0.1, -0.05) is 24.6 Å². The normalized spacial score (nSPS) is 27.9. The van der Waals surface area contributed by atoms with Crippen molar-refractivity contribution >= 4 is 0 Å². The summed E-state index contributed by atoms with van der Waals surface area (Å²) in [5.41, 5.74) is 2.05. The van der Waals surface area contributed by atoms with Gasteiger partial charge in [-0.25, -0.2) is 0 Å². The van der Waals surface area contributed by atoms with Gasteiger partial charge in [-0.15, -0.1) is 0 Å². The summed E-state index contributed by atoms with van der Waals surface area (Å²) < 4.78 is 0. The summed E-state index contributed by atoms with van der Waals surface area (Å²) in [6.45, 7) is 0.971. The van der Waals surface area contributed by atoms with Crippen molar-refractivity contribution in [1.29, 1.82) is 5.26 Å². The summed E-state index contributed by atoms with van der Waals surface area (Å²) in [6, 6.07) is 11.9. The molecule has 2 bridgehead atoms. The van der Waals surface area contributed by atoms with Gasteiger partial charge >= 0.3 is 0 Å². The molecule has 2 aliphatic heterocycles. The Bertz CT molecular complexity index is 430. The third kappa shape index (κ3) is 1.96. The van der Waals surface area contributed by atoms with Crippen LogP contribution in [-0.4, -0.2) is 17.0 Å². The smallest absolute Gasteiger partial charge is 0.0995 e. The van der Waals surface area contributed by atoms with Crippen molar-refractivity contribution in [2.45, 2.75) is 50.7 Å². The average molecular weight is 226 g/mol. The number of benzene rings is 1. The Morgan fingerprint density at radius 1 is 1.12 bits per heavy atom. The second kappa shape index (κ2) is 4.50. The van der Waals surface area contributed by atoms with Crippen LogP contribution in [0.3, 0.4) is 0 Å².